The molecule has 1 fully saturated rings. The first-order valence-corrected chi connectivity index (χ1v) is 7.54. The molecule has 2 nitrogen and oxygen atoms in total. The van der Waals surface area contributed by atoms with E-state index in [1.807, 2.05) is 18.0 Å². The average molecular weight is 242 g/mol. The smallest absolute Gasteiger partial charge is 0.183 e. The van der Waals surface area contributed by atoms with Crippen LogP contribution in [0.15, 0.2) is 10.4 Å². The third kappa shape index (κ3) is 3.38. The van der Waals surface area contributed by atoms with Gasteiger partial charge in [0.15, 0.2) is 5.13 Å². The van der Waals surface area contributed by atoms with Gasteiger partial charge in [-0.2, -0.15) is 0 Å². The van der Waals surface area contributed by atoms with Crippen LogP contribution in [0.3, 0.4) is 0 Å². The molecular formula is C11H18N2S2. The lowest BCUT2D eigenvalue weighted by molar-refractivity contribution is 0.462. The van der Waals surface area contributed by atoms with Crippen molar-refractivity contribution in [1.82, 2.24) is 4.98 Å². The Morgan fingerprint density at radius 2 is 2.27 bits per heavy atom. The summed E-state index contributed by atoms with van der Waals surface area (Å²) < 4.78 is 1.33. The van der Waals surface area contributed by atoms with Crippen molar-refractivity contribution in [2.24, 2.45) is 0 Å². The Labute approximate surface area is 99.9 Å². The molecule has 1 saturated carbocycles. The summed E-state index contributed by atoms with van der Waals surface area (Å²) in [5.74, 6) is 1.13. The Bertz CT molecular complexity index is 293. The molecule has 1 N–H and O–H groups in total. The predicted octanol–water partition coefficient (Wildman–Crippen LogP) is 4.00. The first kappa shape index (κ1) is 11.3. The Morgan fingerprint density at radius 1 is 1.47 bits per heavy atom. The number of hydrogen-bond donors (Lipinski definition) is 1. The van der Waals surface area contributed by atoms with E-state index in [9.17, 15) is 0 Å². The van der Waals surface area contributed by atoms with Crippen LogP contribution in [-0.2, 0) is 0 Å². The fourth-order valence-electron chi connectivity index (χ4n) is 1.96. The number of nitrogens with zero attached hydrogens (tertiary/aromatic N) is 1. The summed E-state index contributed by atoms with van der Waals surface area (Å²) in [6, 6.07) is 0.671. The number of hydrogen-bond acceptors (Lipinski definition) is 4. The highest BCUT2D eigenvalue weighted by atomic mass is 32.2. The van der Waals surface area contributed by atoms with Gasteiger partial charge in [0.25, 0.3) is 0 Å². The highest BCUT2D eigenvalue weighted by Gasteiger charge is 2.14. The van der Waals surface area contributed by atoms with E-state index < -0.39 is 0 Å². The molecule has 0 radical (unpaired) electrons. The number of thioether (sulfide) groups is 1. The zero-order valence-corrected chi connectivity index (χ0v) is 10.8. The molecule has 0 spiro atoms. The largest absolute Gasteiger partial charge is 0.359 e. The molecule has 84 valence electrons. The van der Waals surface area contributed by atoms with Crippen molar-refractivity contribution >= 4 is 28.2 Å². The minimum absolute atomic E-state index is 0.671. The van der Waals surface area contributed by atoms with E-state index in [-0.39, 0.29) is 0 Å². The van der Waals surface area contributed by atoms with Crippen LogP contribution in [0.5, 0.6) is 0 Å². The van der Waals surface area contributed by atoms with Gasteiger partial charge in [0.1, 0.15) is 0 Å². The predicted molar refractivity (Wildman–Crippen MR) is 69.0 cm³/mol. The van der Waals surface area contributed by atoms with Gasteiger partial charge in [0.05, 0.1) is 10.4 Å². The molecule has 0 bridgehead atoms. The van der Waals surface area contributed by atoms with Gasteiger partial charge in [-0.05, 0) is 18.6 Å². The summed E-state index contributed by atoms with van der Waals surface area (Å²) in [4.78, 5) is 4.42. The second-order valence-electron chi connectivity index (χ2n) is 3.90. The number of anilines is 1. The Morgan fingerprint density at radius 3 is 3.00 bits per heavy atom. The monoisotopic (exact) mass is 242 g/mol. The highest BCUT2D eigenvalue weighted by Crippen LogP contribution is 2.29. The molecule has 0 aromatic carbocycles. The van der Waals surface area contributed by atoms with Crippen LogP contribution < -0.4 is 5.32 Å². The van der Waals surface area contributed by atoms with Crippen LogP contribution in [0.1, 0.15) is 39.0 Å². The molecule has 2 rings (SSSR count). The van der Waals surface area contributed by atoms with Gasteiger partial charge in [-0.1, -0.05) is 37.5 Å². The molecule has 4 heteroatoms. The maximum Gasteiger partial charge on any atom is 0.183 e. The summed E-state index contributed by atoms with van der Waals surface area (Å²) in [6.07, 6.45) is 8.78. The summed E-state index contributed by atoms with van der Waals surface area (Å²) >= 11 is 3.67. The Hall–Kier alpha value is -0.220. The van der Waals surface area contributed by atoms with Crippen LogP contribution in [-0.4, -0.2) is 16.8 Å². The molecule has 0 amide bonds. The standard InChI is InChI=1S/C11H18N2S2/c1-2-14-10-8-12-11(15-10)13-9-6-4-3-5-7-9/h8-9H,2-7H2,1H3,(H,12,13). The Kier molecular flexibility index (Phi) is 4.32. The minimum Gasteiger partial charge on any atom is -0.359 e. The normalized spacial score (nSPS) is 17.9. The third-order valence-electron chi connectivity index (χ3n) is 2.70. The maximum absolute atomic E-state index is 4.42. The minimum atomic E-state index is 0.671. The first-order valence-electron chi connectivity index (χ1n) is 5.73. The second kappa shape index (κ2) is 5.75. The number of thiazole rings is 1. The molecule has 0 unspecified atom stereocenters. The molecule has 0 atom stereocenters. The molecule has 1 aliphatic carbocycles. The van der Waals surface area contributed by atoms with E-state index in [2.05, 4.69) is 17.2 Å². The fourth-order valence-corrected chi connectivity index (χ4v) is 3.82. The molecule has 0 aliphatic heterocycles. The molecule has 1 aromatic rings. The SMILES string of the molecule is CCSc1cnc(NC2CCCCC2)s1. The zero-order chi connectivity index (χ0) is 10.5. The fraction of sp³-hybridized carbons (Fsp3) is 0.727. The van der Waals surface area contributed by atoms with Gasteiger partial charge < -0.3 is 5.32 Å². The van der Waals surface area contributed by atoms with Crippen LogP contribution >= 0.6 is 23.1 Å². The van der Waals surface area contributed by atoms with Crippen molar-refractivity contribution in [2.45, 2.75) is 49.3 Å². The highest BCUT2D eigenvalue weighted by molar-refractivity contribution is 8.01. The van der Waals surface area contributed by atoms with Crippen LogP contribution in [0, 0.1) is 0 Å². The maximum atomic E-state index is 4.42. The molecule has 0 saturated heterocycles. The van der Waals surface area contributed by atoms with Crippen molar-refractivity contribution in [3.05, 3.63) is 6.20 Å². The lowest BCUT2D eigenvalue weighted by Gasteiger charge is -2.22. The third-order valence-corrected chi connectivity index (χ3v) is 4.71. The van der Waals surface area contributed by atoms with Gasteiger partial charge in [-0.3, -0.25) is 0 Å². The van der Waals surface area contributed by atoms with Gasteiger partial charge >= 0.3 is 0 Å². The Balaban J connectivity index is 1.86. The summed E-state index contributed by atoms with van der Waals surface area (Å²) in [5, 5.41) is 4.66. The number of rotatable bonds is 4. The van der Waals surface area contributed by atoms with Crippen molar-refractivity contribution in [3.63, 3.8) is 0 Å². The number of nitrogens with one attached hydrogen (secondary N) is 1. The van der Waals surface area contributed by atoms with Crippen molar-refractivity contribution < 1.29 is 0 Å². The molecular weight excluding hydrogens is 224 g/mol. The van der Waals surface area contributed by atoms with Crippen molar-refractivity contribution in [3.8, 4) is 0 Å². The quantitative estimate of drug-likeness (QED) is 0.808. The first-order chi connectivity index (χ1) is 7.38. The molecule has 1 aromatic heterocycles. The van der Waals surface area contributed by atoms with Gasteiger partial charge in [0.2, 0.25) is 0 Å². The van der Waals surface area contributed by atoms with E-state index in [0.717, 1.165) is 10.9 Å². The van der Waals surface area contributed by atoms with Crippen LogP contribution in [0.2, 0.25) is 0 Å². The lowest BCUT2D eigenvalue weighted by Crippen LogP contribution is -2.21. The summed E-state index contributed by atoms with van der Waals surface area (Å²) in [6.45, 7) is 2.18. The van der Waals surface area contributed by atoms with E-state index >= 15 is 0 Å². The van der Waals surface area contributed by atoms with Gasteiger partial charge in [-0.15, -0.1) is 11.8 Å². The summed E-state index contributed by atoms with van der Waals surface area (Å²) in [5.41, 5.74) is 0. The molecule has 1 aliphatic rings. The molecule has 15 heavy (non-hydrogen) atoms. The lowest BCUT2D eigenvalue weighted by atomic mass is 9.96. The average Bonchev–Trinajstić information content (AvgIpc) is 2.68. The number of aromatic nitrogens is 1. The topological polar surface area (TPSA) is 24.9 Å². The van der Waals surface area contributed by atoms with E-state index in [4.69, 9.17) is 0 Å². The van der Waals surface area contributed by atoms with Crippen molar-refractivity contribution in [2.75, 3.05) is 11.1 Å². The van der Waals surface area contributed by atoms with Crippen LogP contribution in [0.25, 0.3) is 0 Å². The van der Waals surface area contributed by atoms with Crippen LogP contribution in [0.4, 0.5) is 5.13 Å². The second-order valence-corrected chi connectivity index (χ2v) is 6.49. The van der Waals surface area contributed by atoms with E-state index in [0.29, 0.717) is 6.04 Å². The van der Waals surface area contributed by atoms with E-state index in [1.165, 1.54) is 36.3 Å². The van der Waals surface area contributed by atoms with Gasteiger partial charge in [-0.25, -0.2) is 4.98 Å². The summed E-state index contributed by atoms with van der Waals surface area (Å²) in [7, 11) is 0. The van der Waals surface area contributed by atoms with Gasteiger partial charge in [0, 0.05) is 6.04 Å². The zero-order valence-electron chi connectivity index (χ0n) is 9.16. The van der Waals surface area contributed by atoms with E-state index in [1.54, 1.807) is 11.3 Å². The van der Waals surface area contributed by atoms with Crippen molar-refractivity contribution in [1.29, 1.82) is 0 Å². The molecule has 1 heterocycles.